The minimum atomic E-state index is -1.80. The van der Waals surface area contributed by atoms with E-state index < -0.39 is 158 Å². The number of nitrogens with one attached hydrogen (secondary N) is 8. The van der Waals surface area contributed by atoms with Gasteiger partial charge in [0.2, 0.25) is 65.0 Å². The molecule has 31 heteroatoms. The number of aliphatic imine (C=N–C) groups is 1. The number of aliphatic carboxylic acids is 1. The van der Waals surface area contributed by atoms with Crippen LogP contribution >= 0.6 is 21.6 Å². The Morgan fingerprint density at radius 3 is 2.07 bits per heavy atom. The fourth-order valence-electron chi connectivity index (χ4n) is 7.64. The predicted molar refractivity (Wildman–Crippen MR) is 276 cm³/mol. The summed E-state index contributed by atoms with van der Waals surface area (Å²) < 4.78 is 0. The quantitative estimate of drug-likeness (QED) is 0.0236. The SMILES string of the molecule is CC[C@H](C)[C@@H]1NC(=O)[C@H](Cc2ccc(O)cc2)NC(=O)[C@@H](N)CSSC[C@@H](C(=O)N2CCC[C@H]2C(=O)N[C@@H](CCCN=C(N)N)C(=O)NCC(=O)NCC(=O)O)NC(=O)[C@H](CC(N)=O)NC(=O)[C@H](CCC(N)=O)NC1=O. The van der Waals surface area contributed by atoms with Crippen molar-refractivity contribution < 1.29 is 67.7 Å². The lowest BCUT2D eigenvalue weighted by Gasteiger charge is -2.31. The summed E-state index contributed by atoms with van der Waals surface area (Å²) in [5, 5.41) is 38.5. The molecular weight excluding hydrogens is 1040 g/mol. The number of carboxylic acid groups (broad SMARTS) is 1. The molecule has 0 aromatic heterocycles. The first-order valence-electron chi connectivity index (χ1n) is 24.2. The number of guanidine groups is 1. The first kappa shape index (κ1) is 62.9. The molecule has 1 aromatic rings. The summed E-state index contributed by atoms with van der Waals surface area (Å²) in [5.74, 6) is -12.7. The molecule has 1 aromatic carbocycles. The number of nitrogens with zero attached hydrogens (tertiary/aromatic N) is 2. The minimum Gasteiger partial charge on any atom is -0.508 e. The molecule has 0 spiro atoms. The molecule has 20 N–H and O–H groups in total. The maximum absolute atomic E-state index is 14.6. The predicted octanol–water partition coefficient (Wildman–Crippen LogP) is -5.89. The van der Waals surface area contributed by atoms with Gasteiger partial charge in [-0.15, -0.1) is 0 Å². The number of phenols is 1. The lowest BCUT2D eigenvalue weighted by atomic mass is 9.96. The maximum atomic E-state index is 14.6. The molecule has 3 rings (SSSR count). The molecule has 0 unspecified atom stereocenters. The molecule has 0 radical (unpaired) electrons. The van der Waals surface area contributed by atoms with E-state index in [-0.39, 0.29) is 68.4 Å². The molecule has 0 saturated carbocycles. The number of amides is 11. The van der Waals surface area contributed by atoms with E-state index in [9.17, 15) is 62.6 Å². The average molecular weight is 1110 g/mol. The Labute approximate surface area is 445 Å². The van der Waals surface area contributed by atoms with Crippen molar-refractivity contribution in [3.63, 3.8) is 0 Å². The van der Waals surface area contributed by atoms with Crippen molar-refractivity contribution in [3.8, 4) is 5.75 Å². The van der Waals surface area contributed by atoms with Gasteiger partial charge in [0.25, 0.3) is 0 Å². The number of hydrogen-bond donors (Lipinski definition) is 15. The smallest absolute Gasteiger partial charge is 0.322 e. The number of nitrogens with two attached hydrogens (primary N) is 5. The van der Waals surface area contributed by atoms with E-state index in [2.05, 4.69) is 47.5 Å². The van der Waals surface area contributed by atoms with E-state index in [0.717, 1.165) is 26.5 Å². The molecular formula is C45H69N15O14S2. The lowest BCUT2D eigenvalue weighted by Crippen LogP contribution is -2.61. The second-order valence-electron chi connectivity index (χ2n) is 17.9. The molecule has 0 bridgehead atoms. The largest absolute Gasteiger partial charge is 0.508 e. The highest BCUT2D eigenvalue weighted by atomic mass is 33.1. The third-order valence-corrected chi connectivity index (χ3v) is 14.4. The van der Waals surface area contributed by atoms with Gasteiger partial charge >= 0.3 is 5.97 Å². The number of benzene rings is 1. The summed E-state index contributed by atoms with van der Waals surface area (Å²) >= 11 is 0. The van der Waals surface area contributed by atoms with Gasteiger partial charge in [0.05, 0.1) is 19.0 Å². The van der Waals surface area contributed by atoms with Gasteiger partial charge < -0.3 is 86.3 Å². The highest BCUT2D eigenvalue weighted by Gasteiger charge is 2.41. The number of hydrogen-bond acceptors (Lipinski definition) is 17. The van der Waals surface area contributed by atoms with Crippen molar-refractivity contribution in [3.05, 3.63) is 29.8 Å². The highest BCUT2D eigenvalue weighted by Crippen LogP contribution is 2.26. The molecule has 76 heavy (non-hydrogen) atoms. The van der Waals surface area contributed by atoms with E-state index in [1.807, 2.05) is 0 Å². The number of carboxylic acids is 1. The van der Waals surface area contributed by atoms with Crippen LogP contribution in [0.15, 0.2) is 29.3 Å². The zero-order valence-electron chi connectivity index (χ0n) is 42.0. The number of rotatable bonds is 21. The van der Waals surface area contributed by atoms with Crippen LogP contribution in [0.5, 0.6) is 5.75 Å². The molecule has 2 heterocycles. The number of carbonyl (C=O) groups excluding carboxylic acids is 11. The molecule has 0 aliphatic carbocycles. The van der Waals surface area contributed by atoms with E-state index in [4.69, 9.17) is 33.8 Å². The van der Waals surface area contributed by atoms with Crippen LogP contribution in [-0.2, 0) is 64.0 Å². The van der Waals surface area contributed by atoms with E-state index in [1.54, 1.807) is 13.8 Å². The third-order valence-electron chi connectivity index (χ3n) is 11.9. The van der Waals surface area contributed by atoms with Crippen LogP contribution in [0.3, 0.4) is 0 Å². The molecule has 2 fully saturated rings. The average Bonchev–Trinajstić information content (AvgIpc) is 3.86. The van der Waals surface area contributed by atoms with E-state index in [0.29, 0.717) is 12.0 Å². The number of carbonyl (C=O) groups is 12. The highest BCUT2D eigenvalue weighted by molar-refractivity contribution is 8.76. The summed E-state index contributed by atoms with van der Waals surface area (Å²) in [6.45, 7) is 2.01. The fraction of sp³-hybridized carbons (Fsp3) is 0.578. The van der Waals surface area contributed by atoms with Crippen molar-refractivity contribution in [2.45, 2.75) is 120 Å². The van der Waals surface area contributed by atoms with Crippen LogP contribution in [0.25, 0.3) is 0 Å². The van der Waals surface area contributed by atoms with Crippen molar-refractivity contribution in [2.75, 3.05) is 37.7 Å². The standard InChI is InChI=1S/C45H69N15O14S2/c1-3-22(2)36-43(73)55-27(12-13-32(47)62)39(69)57-29(17-33(48)63)40(70)58-30(21-76-75-20-25(46)37(67)56-28(41(71)59-36)16-23-8-10-24(61)11-9-23)44(74)60-15-5-7-31(60)42(72)54-26(6-4-14-51-45(49)50)38(68)53-18-34(64)52-19-35(65)66/h8-11,22,25-31,36,61H,3-7,12-21,46H2,1-2H3,(H2,47,62)(H2,48,63)(H,52,64)(H,53,68)(H,54,72)(H,55,73)(H,56,67)(H,57,69)(H,58,70)(H,59,71)(H,65,66)(H4,49,50,51)/t22-,25-,26-,27-,28-,29-,30-,31-,36-/m0/s1. The van der Waals surface area contributed by atoms with Gasteiger partial charge in [0.15, 0.2) is 5.96 Å². The Hall–Kier alpha value is -7.41. The Balaban J connectivity index is 2.03. The van der Waals surface area contributed by atoms with Crippen LogP contribution in [-0.4, -0.2) is 178 Å². The van der Waals surface area contributed by atoms with Crippen molar-refractivity contribution in [2.24, 2.45) is 39.6 Å². The Morgan fingerprint density at radius 1 is 0.803 bits per heavy atom. The van der Waals surface area contributed by atoms with Gasteiger partial charge in [-0.1, -0.05) is 54.0 Å². The maximum Gasteiger partial charge on any atom is 0.322 e. The van der Waals surface area contributed by atoms with Crippen LogP contribution in [0.1, 0.15) is 70.8 Å². The van der Waals surface area contributed by atoms with Crippen LogP contribution < -0.4 is 71.2 Å². The van der Waals surface area contributed by atoms with Crippen LogP contribution in [0, 0.1) is 5.92 Å². The normalized spacial score (nSPS) is 22.9. The third kappa shape index (κ3) is 21.4. The molecule has 2 saturated heterocycles. The second-order valence-corrected chi connectivity index (χ2v) is 20.5. The lowest BCUT2D eigenvalue weighted by molar-refractivity contribution is -0.142. The molecule has 11 amide bonds. The molecule has 2 aliphatic rings. The molecule has 29 nitrogen and oxygen atoms in total. The first-order valence-corrected chi connectivity index (χ1v) is 26.7. The summed E-state index contributed by atoms with van der Waals surface area (Å²) in [7, 11) is 1.96. The Kier molecular flexibility index (Phi) is 26.0. The number of aromatic hydroxyl groups is 1. The molecule has 9 atom stereocenters. The number of primary amides is 2. The van der Waals surface area contributed by atoms with Gasteiger partial charge in [-0.25, -0.2) is 0 Å². The monoisotopic (exact) mass is 1110 g/mol. The van der Waals surface area contributed by atoms with Gasteiger partial charge in [-0.3, -0.25) is 62.5 Å². The van der Waals surface area contributed by atoms with Crippen LogP contribution in [0.2, 0.25) is 0 Å². The Morgan fingerprint density at radius 2 is 1.43 bits per heavy atom. The van der Waals surface area contributed by atoms with E-state index in [1.165, 1.54) is 24.3 Å². The molecule has 420 valence electrons. The summed E-state index contributed by atoms with van der Waals surface area (Å²) in [6, 6.07) is -5.73. The van der Waals surface area contributed by atoms with Gasteiger partial charge in [0, 0.05) is 37.4 Å². The zero-order chi connectivity index (χ0) is 56.6. The Bertz CT molecular complexity index is 2310. The second kappa shape index (κ2) is 31.5. The van der Waals surface area contributed by atoms with Crippen molar-refractivity contribution in [1.29, 1.82) is 0 Å². The zero-order valence-corrected chi connectivity index (χ0v) is 43.6. The first-order chi connectivity index (χ1) is 35.9. The van der Waals surface area contributed by atoms with Crippen molar-refractivity contribution >= 4 is 98.5 Å². The summed E-state index contributed by atoms with van der Waals surface area (Å²) in [6.07, 6.45) is -1.11. The van der Waals surface area contributed by atoms with Crippen LogP contribution in [0.4, 0.5) is 0 Å². The topological polar surface area (TPSA) is 487 Å². The van der Waals surface area contributed by atoms with Gasteiger partial charge in [-0.2, -0.15) is 0 Å². The fourth-order valence-corrected chi connectivity index (χ4v) is 9.92. The molecule has 2 aliphatic heterocycles. The minimum absolute atomic E-state index is 0.0313. The number of phenolic OH excluding ortho intramolecular Hbond substituents is 1. The van der Waals surface area contributed by atoms with E-state index >= 15 is 0 Å². The number of likely N-dealkylation sites (tertiary alicyclic amines) is 1. The van der Waals surface area contributed by atoms with Gasteiger partial charge in [-0.05, 0) is 55.7 Å². The van der Waals surface area contributed by atoms with Gasteiger partial charge in [0.1, 0.15) is 54.6 Å². The van der Waals surface area contributed by atoms with Crippen molar-refractivity contribution in [1.82, 2.24) is 47.4 Å². The summed E-state index contributed by atoms with van der Waals surface area (Å²) in [4.78, 5) is 165. The summed E-state index contributed by atoms with van der Waals surface area (Å²) in [5.41, 5.74) is 28.6.